The van der Waals surface area contributed by atoms with E-state index in [1.807, 2.05) is 25.1 Å². The standard InChI is InChI=1S/C24H24N4O2S/c1-13(2)15-5-7-16(8-6-15)18-12-21(29)26-23-22(18)14(3)27-28(23)24-25-19-10-9-17(30-4)11-20(19)31-24/h5-11,13,18H,12H2,1-4H3,(H,26,29)/t18-/m1/s1. The number of nitrogens with one attached hydrogen (secondary N) is 1. The van der Waals surface area contributed by atoms with Crippen molar-refractivity contribution in [2.45, 2.75) is 39.0 Å². The first-order chi connectivity index (χ1) is 14.9. The van der Waals surface area contributed by atoms with E-state index >= 15 is 0 Å². The molecule has 1 aliphatic heterocycles. The molecule has 0 aliphatic carbocycles. The number of anilines is 1. The normalized spacial score (nSPS) is 15.9. The van der Waals surface area contributed by atoms with E-state index in [1.54, 1.807) is 11.8 Å². The summed E-state index contributed by atoms with van der Waals surface area (Å²) in [6, 6.07) is 14.4. The van der Waals surface area contributed by atoms with Crippen LogP contribution in [0.3, 0.4) is 0 Å². The minimum absolute atomic E-state index is 0.00522. The van der Waals surface area contributed by atoms with Crippen LogP contribution in [0.1, 0.15) is 54.5 Å². The number of hydrogen-bond acceptors (Lipinski definition) is 5. The topological polar surface area (TPSA) is 69.0 Å². The van der Waals surface area contributed by atoms with Crippen molar-refractivity contribution in [3.63, 3.8) is 0 Å². The van der Waals surface area contributed by atoms with E-state index < -0.39 is 0 Å². The molecule has 1 amide bonds. The van der Waals surface area contributed by atoms with Gasteiger partial charge in [0.25, 0.3) is 0 Å². The fourth-order valence-electron chi connectivity index (χ4n) is 4.19. The van der Waals surface area contributed by atoms with Crippen LogP contribution in [0.5, 0.6) is 5.75 Å². The van der Waals surface area contributed by atoms with E-state index in [0.717, 1.165) is 43.7 Å². The van der Waals surface area contributed by atoms with Crippen molar-refractivity contribution < 1.29 is 9.53 Å². The Bertz CT molecular complexity index is 1290. The predicted molar refractivity (Wildman–Crippen MR) is 124 cm³/mol. The first kappa shape index (κ1) is 19.8. The highest BCUT2D eigenvalue weighted by Crippen LogP contribution is 2.41. The molecule has 0 spiro atoms. The first-order valence-corrected chi connectivity index (χ1v) is 11.2. The Morgan fingerprint density at radius 3 is 2.68 bits per heavy atom. The molecule has 1 atom stereocenters. The number of fused-ring (bicyclic) bond motifs is 2. The number of methoxy groups -OCH3 is 1. The lowest BCUT2D eigenvalue weighted by Gasteiger charge is -2.24. The van der Waals surface area contributed by atoms with Gasteiger partial charge in [0.15, 0.2) is 0 Å². The molecule has 6 nitrogen and oxygen atoms in total. The van der Waals surface area contributed by atoms with Gasteiger partial charge < -0.3 is 10.1 Å². The molecule has 1 N–H and O–H groups in total. The molecule has 1 aliphatic rings. The minimum atomic E-state index is -0.0202. The Balaban J connectivity index is 1.60. The van der Waals surface area contributed by atoms with E-state index in [0.29, 0.717) is 12.3 Å². The molecule has 5 rings (SSSR count). The molecule has 0 radical (unpaired) electrons. The van der Waals surface area contributed by atoms with Crippen LogP contribution in [-0.4, -0.2) is 27.8 Å². The second-order valence-corrected chi connectivity index (χ2v) is 9.22. The van der Waals surface area contributed by atoms with Gasteiger partial charge in [-0.25, -0.2) is 4.98 Å². The molecule has 4 aromatic rings. The molecule has 2 aromatic carbocycles. The molecule has 0 bridgehead atoms. The van der Waals surface area contributed by atoms with Crippen LogP contribution in [0.4, 0.5) is 5.82 Å². The smallest absolute Gasteiger partial charge is 0.226 e. The molecule has 0 unspecified atom stereocenters. The third-order valence-electron chi connectivity index (χ3n) is 5.87. The summed E-state index contributed by atoms with van der Waals surface area (Å²) in [5, 5.41) is 8.55. The highest BCUT2D eigenvalue weighted by molar-refractivity contribution is 7.20. The lowest BCUT2D eigenvalue weighted by atomic mass is 9.85. The summed E-state index contributed by atoms with van der Waals surface area (Å²) in [5.74, 6) is 1.96. The Hall–Kier alpha value is -3.19. The number of thiazole rings is 1. The number of carbonyl (C=O) groups is 1. The third kappa shape index (κ3) is 3.39. The number of hydrogen-bond donors (Lipinski definition) is 1. The van der Waals surface area contributed by atoms with Crippen molar-refractivity contribution >= 4 is 33.3 Å². The molecular formula is C24H24N4O2S. The Morgan fingerprint density at radius 1 is 1.19 bits per heavy atom. The highest BCUT2D eigenvalue weighted by atomic mass is 32.1. The summed E-state index contributed by atoms with van der Waals surface area (Å²) in [5.41, 5.74) is 5.28. The van der Waals surface area contributed by atoms with E-state index in [4.69, 9.17) is 14.8 Å². The average Bonchev–Trinajstić information content (AvgIpc) is 3.33. The van der Waals surface area contributed by atoms with Crippen LogP contribution in [0.15, 0.2) is 42.5 Å². The number of rotatable bonds is 4. The van der Waals surface area contributed by atoms with Gasteiger partial charge in [-0.2, -0.15) is 9.78 Å². The SMILES string of the molecule is COc1ccc2nc(-n3nc(C)c4c3NC(=O)C[C@@H]4c3ccc(C(C)C)cc3)sc2c1. The first-order valence-electron chi connectivity index (χ1n) is 10.4. The van der Waals surface area contributed by atoms with Gasteiger partial charge in [-0.1, -0.05) is 49.4 Å². The molecular weight excluding hydrogens is 408 g/mol. The number of carbonyl (C=O) groups excluding carboxylic acids is 1. The van der Waals surface area contributed by atoms with Gasteiger partial charge in [0.1, 0.15) is 11.6 Å². The van der Waals surface area contributed by atoms with Crippen molar-refractivity contribution in [3.05, 3.63) is 64.8 Å². The lowest BCUT2D eigenvalue weighted by Crippen LogP contribution is -2.24. The van der Waals surface area contributed by atoms with E-state index in [-0.39, 0.29) is 11.8 Å². The van der Waals surface area contributed by atoms with Crippen LogP contribution >= 0.6 is 11.3 Å². The number of aromatic nitrogens is 3. The van der Waals surface area contributed by atoms with Crippen molar-refractivity contribution in [1.29, 1.82) is 0 Å². The zero-order valence-electron chi connectivity index (χ0n) is 18.0. The summed E-state index contributed by atoms with van der Waals surface area (Å²) >= 11 is 1.53. The maximum Gasteiger partial charge on any atom is 0.226 e. The van der Waals surface area contributed by atoms with Crippen LogP contribution in [-0.2, 0) is 4.79 Å². The van der Waals surface area contributed by atoms with Gasteiger partial charge >= 0.3 is 0 Å². The van der Waals surface area contributed by atoms with Gasteiger partial charge in [0, 0.05) is 17.9 Å². The van der Waals surface area contributed by atoms with E-state index in [1.165, 1.54) is 16.9 Å². The van der Waals surface area contributed by atoms with Crippen molar-refractivity contribution in [3.8, 4) is 10.9 Å². The number of benzene rings is 2. The van der Waals surface area contributed by atoms with Crippen molar-refractivity contribution in [2.24, 2.45) is 0 Å². The summed E-state index contributed by atoms with van der Waals surface area (Å²) in [4.78, 5) is 17.4. The molecule has 158 valence electrons. The largest absolute Gasteiger partial charge is 0.497 e. The van der Waals surface area contributed by atoms with E-state index in [9.17, 15) is 4.79 Å². The average molecular weight is 433 g/mol. The highest BCUT2D eigenvalue weighted by Gasteiger charge is 2.33. The van der Waals surface area contributed by atoms with E-state index in [2.05, 4.69) is 43.4 Å². The quantitative estimate of drug-likeness (QED) is 0.469. The zero-order chi connectivity index (χ0) is 21.7. The zero-order valence-corrected chi connectivity index (χ0v) is 18.8. The molecule has 2 aromatic heterocycles. The second-order valence-electron chi connectivity index (χ2n) is 8.22. The Kier molecular flexibility index (Phi) is 4.78. The Labute approximate surface area is 184 Å². The molecule has 0 saturated carbocycles. The summed E-state index contributed by atoms with van der Waals surface area (Å²) in [7, 11) is 1.65. The van der Waals surface area contributed by atoms with Crippen LogP contribution < -0.4 is 10.1 Å². The van der Waals surface area contributed by atoms with Crippen LogP contribution in [0.25, 0.3) is 15.3 Å². The van der Waals surface area contributed by atoms with Gasteiger partial charge in [-0.15, -0.1) is 0 Å². The summed E-state index contributed by atoms with van der Waals surface area (Å²) in [6.45, 7) is 6.37. The fraction of sp³-hybridized carbons (Fsp3) is 0.292. The molecule has 31 heavy (non-hydrogen) atoms. The summed E-state index contributed by atoms with van der Waals surface area (Å²) in [6.07, 6.45) is 0.414. The van der Waals surface area contributed by atoms with Crippen molar-refractivity contribution in [1.82, 2.24) is 14.8 Å². The number of ether oxygens (including phenoxy) is 1. The van der Waals surface area contributed by atoms with Crippen LogP contribution in [0, 0.1) is 6.92 Å². The maximum absolute atomic E-state index is 12.6. The third-order valence-corrected chi connectivity index (χ3v) is 6.87. The molecule has 0 saturated heterocycles. The number of amides is 1. The van der Waals surface area contributed by atoms with Gasteiger partial charge in [0.2, 0.25) is 11.0 Å². The van der Waals surface area contributed by atoms with Gasteiger partial charge in [-0.05, 0) is 42.2 Å². The van der Waals surface area contributed by atoms with Gasteiger partial charge in [-0.3, -0.25) is 4.79 Å². The molecule has 3 heterocycles. The fourth-order valence-corrected chi connectivity index (χ4v) is 5.15. The Morgan fingerprint density at radius 2 is 1.97 bits per heavy atom. The van der Waals surface area contributed by atoms with Crippen LogP contribution in [0.2, 0.25) is 0 Å². The maximum atomic E-state index is 12.6. The van der Waals surface area contributed by atoms with Gasteiger partial charge in [0.05, 0.1) is 23.0 Å². The monoisotopic (exact) mass is 432 g/mol. The lowest BCUT2D eigenvalue weighted by molar-refractivity contribution is -0.116. The summed E-state index contributed by atoms with van der Waals surface area (Å²) < 4.78 is 8.12. The number of aryl methyl sites for hydroxylation is 1. The minimum Gasteiger partial charge on any atom is -0.497 e. The van der Waals surface area contributed by atoms with Crippen molar-refractivity contribution in [2.75, 3.05) is 12.4 Å². The predicted octanol–water partition coefficient (Wildman–Crippen LogP) is 5.40. The molecule has 7 heteroatoms. The second kappa shape index (κ2) is 7.50. The number of nitrogens with zero attached hydrogens (tertiary/aromatic N) is 3. The molecule has 0 fully saturated rings.